The van der Waals surface area contributed by atoms with Gasteiger partial charge < -0.3 is 9.64 Å². The minimum Gasteiger partial charge on any atom is -0.380 e. The molecule has 19 heavy (non-hydrogen) atoms. The molecule has 1 fully saturated rings. The van der Waals surface area contributed by atoms with Crippen molar-refractivity contribution in [3.8, 4) is 0 Å². The van der Waals surface area contributed by atoms with Gasteiger partial charge in [-0.05, 0) is 20.8 Å². The molecule has 1 unspecified atom stereocenters. The molecule has 0 aliphatic carbocycles. The van der Waals surface area contributed by atoms with E-state index in [1.807, 2.05) is 20.8 Å². The summed E-state index contributed by atoms with van der Waals surface area (Å²) in [7, 11) is 1.68. The van der Waals surface area contributed by atoms with Gasteiger partial charge in [-0.1, -0.05) is 11.6 Å². The number of allylic oxidation sites excluding steroid dienone is 1. The molecule has 1 heterocycles. The number of nitrogens with zero attached hydrogens (tertiary/aromatic N) is 2. The number of amides is 1. The molecule has 0 bridgehead atoms. The van der Waals surface area contributed by atoms with E-state index < -0.39 is 0 Å². The monoisotopic (exact) mass is 286 g/mol. The third kappa shape index (κ3) is 4.32. The molecule has 108 valence electrons. The number of halogens is 1. The number of hydrogen-bond donors (Lipinski definition) is 0. The molecule has 1 saturated heterocycles. The summed E-state index contributed by atoms with van der Waals surface area (Å²) in [5, 5.41) is 0.710. The van der Waals surface area contributed by atoms with E-state index in [4.69, 9.17) is 21.3 Å². The van der Waals surface area contributed by atoms with Crippen molar-refractivity contribution in [2.75, 3.05) is 20.2 Å². The zero-order valence-corrected chi connectivity index (χ0v) is 13.1. The minimum atomic E-state index is 0.0650. The predicted octanol–water partition coefficient (Wildman–Crippen LogP) is 2.62. The van der Waals surface area contributed by atoms with Crippen LogP contribution in [0, 0.1) is 0 Å². The van der Waals surface area contributed by atoms with Crippen LogP contribution in [0.3, 0.4) is 0 Å². The lowest BCUT2D eigenvalue weighted by molar-refractivity contribution is -0.128. The van der Waals surface area contributed by atoms with Crippen molar-refractivity contribution < 1.29 is 9.53 Å². The van der Waals surface area contributed by atoms with E-state index in [0.717, 1.165) is 17.7 Å². The highest BCUT2D eigenvalue weighted by atomic mass is 35.5. The molecule has 5 heteroatoms. The second-order valence-electron chi connectivity index (χ2n) is 4.96. The molecule has 0 aromatic carbocycles. The van der Waals surface area contributed by atoms with E-state index in [9.17, 15) is 4.79 Å². The summed E-state index contributed by atoms with van der Waals surface area (Å²) in [4.78, 5) is 18.0. The summed E-state index contributed by atoms with van der Waals surface area (Å²) < 4.78 is 5.29. The predicted molar refractivity (Wildman–Crippen MR) is 78.8 cm³/mol. The zero-order valence-electron chi connectivity index (χ0n) is 12.4. The first-order valence-corrected chi connectivity index (χ1v) is 6.95. The van der Waals surface area contributed by atoms with Gasteiger partial charge in [0.05, 0.1) is 12.1 Å². The van der Waals surface area contributed by atoms with Crippen LogP contribution >= 0.6 is 11.6 Å². The van der Waals surface area contributed by atoms with Gasteiger partial charge in [-0.3, -0.25) is 9.79 Å². The lowest BCUT2D eigenvalue weighted by atomic mass is 10.0. The third-order valence-corrected chi connectivity index (χ3v) is 3.82. The van der Waals surface area contributed by atoms with Gasteiger partial charge in [0.15, 0.2) is 0 Å². The fourth-order valence-electron chi connectivity index (χ4n) is 2.02. The standard InChI is InChI=1S/C14H23ClN2O2/c1-9(15)13-8-17(12(4)18)7-6-14(13)16-10(2)11(3)19-5/h10-11H,6-8H2,1-5H3/b13-9+,16-14-/t10-,11?/m0/s1. The van der Waals surface area contributed by atoms with Gasteiger partial charge in [0.1, 0.15) is 0 Å². The Kier molecular flexibility index (Phi) is 6.01. The lowest BCUT2D eigenvalue weighted by Gasteiger charge is -2.30. The first-order chi connectivity index (χ1) is 8.86. The van der Waals surface area contributed by atoms with Crippen molar-refractivity contribution in [3.63, 3.8) is 0 Å². The number of aliphatic imine (C=N–C) groups is 1. The molecular weight excluding hydrogens is 264 g/mol. The Morgan fingerprint density at radius 2 is 2.05 bits per heavy atom. The maximum absolute atomic E-state index is 11.5. The van der Waals surface area contributed by atoms with E-state index in [1.54, 1.807) is 18.9 Å². The van der Waals surface area contributed by atoms with Gasteiger partial charge in [0.2, 0.25) is 5.91 Å². The number of rotatable bonds is 3. The van der Waals surface area contributed by atoms with E-state index in [0.29, 0.717) is 18.1 Å². The number of carbonyl (C=O) groups is 1. The van der Waals surface area contributed by atoms with Gasteiger partial charge in [0.25, 0.3) is 0 Å². The van der Waals surface area contributed by atoms with Crippen molar-refractivity contribution in [3.05, 3.63) is 10.6 Å². The van der Waals surface area contributed by atoms with Crippen LogP contribution in [-0.2, 0) is 9.53 Å². The summed E-state index contributed by atoms with van der Waals surface area (Å²) in [5.41, 5.74) is 1.97. The Morgan fingerprint density at radius 3 is 2.53 bits per heavy atom. The SMILES string of the molecule is COC(C)[C@H](C)/N=C1/CCN(C(C)=O)C/C1=C(/C)Cl. The molecule has 0 aromatic rings. The van der Waals surface area contributed by atoms with Crippen LogP contribution in [0.1, 0.15) is 34.1 Å². The maximum atomic E-state index is 11.5. The number of hydrogen-bond acceptors (Lipinski definition) is 3. The second-order valence-corrected chi connectivity index (χ2v) is 5.53. The highest BCUT2D eigenvalue weighted by Gasteiger charge is 2.24. The summed E-state index contributed by atoms with van der Waals surface area (Å²) in [6, 6.07) is 0.0786. The van der Waals surface area contributed by atoms with Crippen LogP contribution in [0.15, 0.2) is 15.6 Å². The summed E-state index contributed by atoms with van der Waals surface area (Å²) in [6.07, 6.45) is 0.815. The largest absolute Gasteiger partial charge is 0.380 e. The van der Waals surface area contributed by atoms with Gasteiger partial charge in [-0.15, -0.1) is 0 Å². The highest BCUT2D eigenvalue weighted by Crippen LogP contribution is 2.21. The number of carbonyl (C=O) groups excluding carboxylic acids is 1. The molecular formula is C14H23ClN2O2. The van der Waals surface area contributed by atoms with Gasteiger partial charge in [0, 0.05) is 49.9 Å². The molecule has 1 aliphatic heterocycles. The molecule has 0 aromatic heterocycles. The quantitative estimate of drug-likeness (QED) is 0.800. The molecule has 4 nitrogen and oxygen atoms in total. The summed E-state index contributed by atoms with van der Waals surface area (Å²) in [6.45, 7) is 8.71. The van der Waals surface area contributed by atoms with Crippen molar-refractivity contribution in [2.24, 2.45) is 4.99 Å². The van der Waals surface area contributed by atoms with E-state index >= 15 is 0 Å². The van der Waals surface area contributed by atoms with Crippen LogP contribution in [0.25, 0.3) is 0 Å². The van der Waals surface area contributed by atoms with Crippen LogP contribution in [-0.4, -0.2) is 48.9 Å². The first kappa shape index (κ1) is 16.2. The Labute approximate surface area is 120 Å². The Hall–Kier alpha value is -0.870. The summed E-state index contributed by atoms with van der Waals surface area (Å²) in [5.74, 6) is 0.0766. The van der Waals surface area contributed by atoms with E-state index in [2.05, 4.69) is 0 Å². The van der Waals surface area contributed by atoms with E-state index in [1.165, 1.54) is 0 Å². The molecule has 0 saturated carbocycles. The van der Waals surface area contributed by atoms with Gasteiger partial charge >= 0.3 is 0 Å². The fourth-order valence-corrected chi connectivity index (χ4v) is 2.19. The van der Waals surface area contributed by atoms with Crippen molar-refractivity contribution >= 4 is 23.2 Å². The number of piperidine rings is 1. The average molecular weight is 287 g/mol. The van der Waals surface area contributed by atoms with Gasteiger partial charge in [-0.2, -0.15) is 0 Å². The maximum Gasteiger partial charge on any atom is 0.219 e. The van der Waals surface area contributed by atoms with Crippen molar-refractivity contribution in [2.45, 2.75) is 46.3 Å². The van der Waals surface area contributed by atoms with E-state index in [-0.39, 0.29) is 18.1 Å². The molecule has 1 amide bonds. The Balaban J connectivity index is 2.93. The van der Waals surface area contributed by atoms with Crippen molar-refractivity contribution in [1.82, 2.24) is 4.90 Å². The third-order valence-electron chi connectivity index (χ3n) is 3.59. The van der Waals surface area contributed by atoms with Crippen LogP contribution in [0.4, 0.5) is 0 Å². The topological polar surface area (TPSA) is 41.9 Å². The lowest BCUT2D eigenvalue weighted by Crippen LogP contribution is -2.39. The molecule has 1 rings (SSSR count). The smallest absolute Gasteiger partial charge is 0.219 e. The molecule has 0 N–H and O–H groups in total. The highest BCUT2D eigenvalue weighted by molar-refractivity contribution is 6.32. The number of ether oxygens (including phenoxy) is 1. The molecule has 1 aliphatic rings. The second kappa shape index (κ2) is 7.06. The molecule has 0 spiro atoms. The minimum absolute atomic E-state index is 0.0650. The van der Waals surface area contributed by atoms with Gasteiger partial charge in [-0.25, -0.2) is 0 Å². The van der Waals surface area contributed by atoms with Crippen LogP contribution < -0.4 is 0 Å². The molecule has 0 radical (unpaired) electrons. The fraction of sp³-hybridized carbons (Fsp3) is 0.714. The molecule has 2 atom stereocenters. The van der Waals surface area contributed by atoms with Crippen LogP contribution in [0.2, 0.25) is 0 Å². The van der Waals surface area contributed by atoms with Crippen LogP contribution in [0.5, 0.6) is 0 Å². The first-order valence-electron chi connectivity index (χ1n) is 6.57. The summed E-state index contributed by atoms with van der Waals surface area (Å²) >= 11 is 6.15. The number of likely N-dealkylation sites (tertiary alicyclic amines) is 1. The number of methoxy groups -OCH3 is 1. The van der Waals surface area contributed by atoms with Crippen molar-refractivity contribution in [1.29, 1.82) is 0 Å². The zero-order chi connectivity index (χ0) is 14.6. The Morgan fingerprint density at radius 1 is 1.42 bits per heavy atom. The average Bonchev–Trinajstić information content (AvgIpc) is 2.37. The Bertz CT molecular complexity index is 400. The normalized spacial score (nSPS) is 24.3.